The van der Waals surface area contributed by atoms with Crippen molar-refractivity contribution in [1.29, 1.82) is 0 Å². The van der Waals surface area contributed by atoms with Gasteiger partial charge in [-0.2, -0.15) is 13.2 Å². The van der Waals surface area contributed by atoms with E-state index in [9.17, 15) is 21.6 Å². The van der Waals surface area contributed by atoms with Crippen molar-refractivity contribution in [1.82, 2.24) is 4.72 Å². The molecule has 4 nitrogen and oxygen atoms in total. The first-order chi connectivity index (χ1) is 12.1. The number of nitrogens with one attached hydrogen (secondary N) is 1. The topological polar surface area (TPSA) is 55.4 Å². The summed E-state index contributed by atoms with van der Waals surface area (Å²) in [7, 11) is -2.67. The predicted molar refractivity (Wildman–Crippen MR) is 92.1 cm³/mol. The third kappa shape index (κ3) is 4.44. The van der Waals surface area contributed by atoms with Crippen molar-refractivity contribution in [2.75, 3.05) is 13.7 Å². The molecule has 1 unspecified atom stereocenters. The summed E-state index contributed by atoms with van der Waals surface area (Å²) in [6.07, 6.45) is -4.14. The van der Waals surface area contributed by atoms with Crippen molar-refractivity contribution in [2.24, 2.45) is 0 Å². The van der Waals surface area contributed by atoms with Crippen molar-refractivity contribution < 1.29 is 26.3 Å². The van der Waals surface area contributed by atoms with Crippen molar-refractivity contribution in [3.05, 3.63) is 65.7 Å². The monoisotopic (exact) mass is 387 g/mol. The van der Waals surface area contributed by atoms with E-state index in [1.807, 2.05) is 25.1 Å². The van der Waals surface area contributed by atoms with E-state index < -0.39 is 32.3 Å². The smallest absolute Gasteiger partial charge is 0.372 e. The van der Waals surface area contributed by atoms with Crippen molar-refractivity contribution in [2.45, 2.75) is 30.0 Å². The van der Waals surface area contributed by atoms with Gasteiger partial charge in [0.1, 0.15) is 5.60 Å². The molecular weight excluding hydrogens is 367 g/mol. The summed E-state index contributed by atoms with van der Waals surface area (Å²) in [5.41, 5.74) is -1.16. The first kappa shape index (κ1) is 20.4. The molecular formula is C18H20F3NO3S. The van der Waals surface area contributed by atoms with Crippen LogP contribution in [0.15, 0.2) is 59.5 Å². The lowest BCUT2D eigenvalue weighted by molar-refractivity contribution is -0.137. The molecule has 0 heterocycles. The highest BCUT2D eigenvalue weighted by Gasteiger charge is 2.34. The Morgan fingerprint density at radius 3 is 2.15 bits per heavy atom. The second-order valence-corrected chi connectivity index (χ2v) is 7.54. The fourth-order valence-corrected chi connectivity index (χ4v) is 3.77. The van der Waals surface area contributed by atoms with E-state index in [0.717, 1.165) is 23.8 Å². The lowest BCUT2D eigenvalue weighted by atomic mass is 9.91. The van der Waals surface area contributed by atoms with Crippen LogP contribution in [0.1, 0.15) is 24.5 Å². The van der Waals surface area contributed by atoms with Crippen molar-refractivity contribution >= 4 is 10.0 Å². The Hall–Kier alpha value is -1.90. The zero-order chi connectivity index (χ0) is 19.4. The first-order valence-electron chi connectivity index (χ1n) is 7.92. The number of halogens is 3. The molecule has 0 aliphatic heterocycles. The minimum Gasteiger partial charge on any atom is -0.372 e. The van der Waals surface area contributed by atoms with Crippen LogP contribution in [0.4, 0.5) is 13.2 Å². The maximum Gasteiger partial charge on any atom is 0.416 e. The van der Waals surface area contributed by atoms with E-state index in [-0.39, 0.29) is 6.54 Å². The summed E-state index contributed by atoms with van der Waals surface area (Å²) in [6.45, 7) is 1.73. The number of hydrogen-bond donors (Lipinski definition) is 1. The molecule has 2 aromatic rings. The Kier molecular flexibility index (Phi) is 6.10. The molecule has 1 atom stereocenters. The standard InChI is InChI=1S/C18H20F3NO3S/c1-3-17(25-2,14-8-5-4-6-9-14)13-22-26(23,24)16-11-7-10-15(12-16)18(19,20)21/h4-12,22H,3,13H2,1-2H3. The van der Waals surface area contributed by atoms with Gasteiger partial charge in [0.2, 0.25) is 10.0 Å². The van der Waals surface area contributed by atoms with Crippen LogP contribution >= 0.6 is 0 Å². The summed E-state index contributed by atoms with van der Waals surface area (Å²) >= 11 is 0. The Morgan fingerprint density at radius 2 is 1.62 bits per heavy atom. The van der Waals surface area contributed by atoms with Crippen LogP contribution < -0.4 is 4.72 Å². The summed E-state index contributed by atoms with van der Waals surface area (Å²) in [4.78, 5) is -0.443. The fourth-order valence-electron chi connectivity index (χ4n) is 2.64. The van der Waals surface area contributed by atoms with Gasteiger partial charge in [0, 0.05) is 13.7 Å². The Bertz CT molecular complexity index is 832. The van der Waals surface area contributed by atoms with E-state index in [4.69, 9.17) is 4.74 Å². The highest BCUT2D eigenvalue weighted by atomic mass is 32.2. The lowest BCUT2D eigenvalue weighted by Crippen LogP contribution is -2.41. The van der Waals surface area contributed by atoms with Gasteiger partial charge in [-0.15, -0.1) is 0 Å². The number of sulfonamides is 1. The molecule has 0 spiro atoms. The second-order valence-electron chi connectivity index (χ2n) is 5.77. The van der Waals surface area contributed by atoms with Gasteiger partial charge in [0.15, 0.2) is 0 Å². The predicted octanol–water partition coefficient (Wildman–Crippen LogP) is 3.94. The van der Waals surface area contributed by atoms with Gasteiger partial charge in [0.25, 0.3) is 0 Å². The summed E-state index contributed by atoms with van der Waals surface area (Å²) < 4.78 is 71.4. The molecule has 0 aromatic heterocycles. The minimum absolute atomic E-state index is 0.109. The molecule has 0 radical (unpaired) electrons. The largest absolute Gasteiger partial charge is 0.416 e. The van der Waals surface area contributed by atoms with Gasteiger partial charge in [0.05, 0.1) is 10.5 Å². The van der Waals surface area contributed by atoms with Gasteiger partial charge < -0.3 is 4.74 Å². The quantitative estimate of drug-likeness (QED) is 0.783. The van der Waals surface area contributed by atoms with Gasteiger partial charge in [-0.05, 0) is 30.2 Å². The second kappa shape index (κ2) is 7.77. The van der Waals surface area contributed by atoms with Crippen molar-refractivity contribution in [3.63, 3.8) is 0 Å². The normalized spacial score (nSPS) is 14.8. The van der Waals surface area contributed by atoms with Crippen LogP contribution in [-0.2, 0) is 26.5 Å². The van der Waals surface area contributed by atoms with Crippen LogP contribution in [0, 0.1) is 0 Å². The Balaban J connectivity index is 2.29. The van der Waals surface area contributed by atoms with E-state index in [2.05, 4.69) is 4.72 Å². The molecule has 2 rings (SSSR count). The van der Waals surface area contributed by atoms with Gasteiger partial charge >= 0.3 is 6.18 Å². The van der Waals surface area contributed by atoms with Crippen LogP contribution in [0.25, 0.3) is 0 Å². The fraction of sp³-hybridized carbons (Fsp3) is 0.333. The van der Waals surface area contributed by atoms with E-state index in [0.29, 0.717) is 12.5 Å². The van der Waals surface area contributed by atoms with Crippen molar-refractivity contribution in [3.8, 4) is 0 Å². The highest BCUT2D eigenvalue weighted by molar-refractivity contribution is 7.89. The van der Waals surface area contributed by atoms with Crippen LogP contribution in [0.2, 0.25) is 0 Å². The molecule has 0 aliphatic rings. The third-order valence-electron chi connectivity index (χ3n) is 4.28. The molecule has 1 N–H and O–H groups in total. The van der Waals surface area contributed by atoms with Crippen LogP contribution in [0.5, 0.6) is 0 Å². The zero-order valence-electron chi connectivity index (χ0n) is 14.4. The molecule has 0 bridgehead atoms. The van der Waals surface area contributed by atoms with E-state index in [1.165, 1.54) is 7.11 Å². The molecule has 0 saturated heterocycles. The number of alkyl halides is 3. The van der Waals surface area contributed by atoms with Crippen LogP contribution in [-0.4, -0.2) is 22.1 Å². The summed E-state index contributed by atoms with van der Waals surface area (Å²) in [5, 5.41) is 0. The third-order valence-corrected chi connectivity index (χ3v) is 5.68. The van der Waals surface area contributed by atoms with Gasteiger partial charge in [-0.25, -0.2) is 13.1 Å². The molecule has 8 heteroatoms. The first-order valence-corrected chi connectivity index (χ1v) is 9.40. The minimum atomic E-state index is -4.62. The molecule has 0 aliphatic carbocycles. The number of ether oxygens (including phenoxy) is 1. The maximum atomic E-state index is 12.8. The molecule has 0 fully saturated rings. The SMILES string of the molecule is CCC(CNS(=O)(=O)c1cccc(C(F)(F)F)c1)(OC)c1ccccc1. The Morgan fingerprint density at radius 1 is 1.00 bits per heavy atom. The Labute approximate surface area is 151 Å². The molecule has 26 heavy (non-hydrogen) atoms. The average Bonchev–Trinajstić information content (AvgIpc) is 2.63. The van der Waals surface area contributed by atoms with E-state index in [1.54, 1.807) is 12.1 Å². The lowest BCUT2D eigenvalue weighted by Gasteiger charge is -2.32. The number of methoxy groups -OCH3 is 1. The number of benzene rings is 2. The van der Waals surface area contributed by atoms with Gasteiger partial charge in [-0.3, -0.25) is 0 Å². The number of rotatable bonds is 7. The zero-order valence-corrected chi connectivity index (χ0v) is 15.2. The number of hydrogen-bond acceptors (Lipinski definition) is 3. The molecule has 142 valence electrons. The maximum absolute atomic E-state index is 12.8. The van der Waals surface area contributed by atoms with Crippen LogP contribution in [0.3, 0.4) is 0 Å². The summed E-state index contributed by atoms with van der Waals surface area (Å²) in [6, 6.07) is 12.7. The molecule has 0 saturated carbocycles. The average molecular weight is 387 g/mol. The van der Waals surface area contributed by atoms with E-state index >= 15 is 0 Å². The molecule has 2 aromatic carbocycles. The highest BCUT2D eigenvalue weighted by Crippen LogP contribution is 2.31. The van der Waals surface area contributed by atoms with Gasteiger partial charge in [-0.1, -0.05) is 43.3 Å². The summed E-state index contributed by atoms with van der Waals surface area (Å²) in [5.74, 6) is 0. The molecule has 0 amide bonds.